The molecule has 1 rings (SSSR count). The standard InChI is InChI=1S/C9H15NO2Si/c1-7-6-9(11-10-7)8(2)12-13(3,4)5/h6H,2H2,1,3-5H3. The summed E-state index contributed by atoms with van der Waals surface area (Å²) in [5.41, 5.74) is 0.843. The molecule has 0 saturated heterocycles. The second kappa shape index (κ2) is 3.37. The van der Waals surface area contributed by atoms with E-state index in [2.05, 4.69) is 31.4 Å². The lowest BCUT2D eigenvalue weighted by atomic mass is 10.3. The number of nitrogens with zero attached hydrogens (tertiary/aromatic N) is 1. The molecule has 72 valence electrons. The Labute approximate surface area is 79.5 Å². The van der Waals surface area contributed by atoms with Gasteiger partial charge >= 0.3 is 0 Å². The molecule has 0 spiro atoms. The van der Waals surface area contributed by atoms with Crippen LogP contribution in [0.5, 0.6) is 0 Å². The molecule has 0 unspecified atom stereocenters. The van der Waals surface area contributed by atoms with Crippen LogP contribution in [0.4, 0.5) is 0 Å². The van der Waals surface area contributed by atoms with Crippen molar-refractivity contribution in [2.24, 2.45) is 0 Å². The lowest BCUT2D eigenvalue weighted by Crippen LogP contribution is -2.23. The van der Waals surface area contributed by atoms with Gasteiger partial charge in [-0.15, -0.1) is 0 Å². The van der Waals surface area contributed by atoms with Crippen LogP contribution in [0.1, 0.15) is 11.5 Å². The molecule has 0 fully saturated rings. The van der Waals surface area contributed by atoms with Crippen molar-refractivity contribution in [3.8, 4) is 0 Å². The van der Waals surface area contributed by atoms with Crippen LogP contribution in [0.15, 0.2) is 17.2 Å². The minimum Gasteiger partial charge on any atom is -0.542 e. The van der Waals surface area contributed by atoms with E-state index in [0.29, 0.717) is 11.5 Å². The third kappa shape index (κ3) is 3.06. The van der Waals surface area contributed by atoms with E-state index in [0.717, 1.165) is 5.69 Å². The van der Waals surface area contributed by atoms with Gasteiger partial charge in [0.15, 0.2) is 5.76 Å². The van der Waals surface area contributed by atoms with E-state index in [9.17, 15) is 0 Å². The maximum absolute atomic E-state index is 5.65. The number of aromatic nitrogens is 1. The lowest BCUT2D eigenvalue weighted by Gasteiger charge is -2.18. The summed E-state index contributed by atoms with van der Waals surface area (Å²) in [6.45, 7) is 12.0. The van der Waals surface area contributed by atoms with Gasteiger partial charge in [0.25, 0.3) is 0 Å². The number of rotatable bonds is 3. The van der Waals surface area contributed by atoms with Crippen LogP contribution >= 0.6 is 0 Å². The lowest BCUT2D eigenvalue weighted by molar-refractivity contribution is 0.381. The summed E-state index contributed by atoms with van der Waals surface area (Å²) in [6.07, 6.45) is 0. The highest BCUT2D eigenvalue weighted by Crippen LogP contribution is 2.19. The Morgan fingerprint density at radius 2 is 2.15 bits per heavy atom. The Morgan fingerprint density at radius 3 is 2.54 bits per heavy atom. The molecule has 0 saturated carbocycles. The SMILES string of the molecule is C=C(O[Si](C)(C)C)c1cc(C)no1. The van der Waals surface area contributed by atoms with Gasteiger partial charge in [-0.25, -0.2) is 0 Å². The van der Waals surface area contributed by atoms with E-state index < -0.39 is 8.32 Å². The van der Waals surface area contributed by atoms with Crippen molar-refractivity contribution < 1.29 is 8.95 Å². The van der Waals surface area contributed by atoms with Crippen LogP contribution in [0.2, 0.25) is 19.6 Å². The molecule has 0 N–H and O–H groups in total. The molecular formula is C9H15NO2Si. The average Bonchev–Trinajstić information content (AvgIpc) is 2.31. The first kappa shape index (κ1) is 10.1. The molecule has 0 aliphatic heterocycles. The van der Waals surface area contributed by atoms with Crippen LogP contribution < -0.4 is 0 Å². The van der Waals surface area contributed by atoms with Crippen LogP contribution in [0.25, 0.3) is 5.76 Å². The van der Waals surface area contributed by atoms with Crippen molar-refractivity contribution in [2.45, 2.75) is 26.6 Å². The van der Waals surface area contributed by atoms with Gasteiger partial charge in [0, 0.05) is 6.07 Å². The van der Waals surface area contributed by atoms with Gasteiger partial charge in [0.1, 0.15) is 5.76 Å². The van der Waals surface area contributed by atoms with Crippen molar-refractivity contribution in [3.63, 3.8) is 0 Å². The molecule has 0 aliphatic rings. The maximum atomic E-state index is 5.65. The molecule has 0 amide bonds. The monoisotopic (exact) mass is 197 g/mol. The first-order valence-corrected chi connectivity index (χ1v) is 7.61. The predicted octanol–water partition coefficient (Wildman–Crippen LogP) is 2.81. The molecular weight excluding hydrogens is 182 g/mol. The third-order valence-corrected chi connectivity index (χ3v) is 2.19. The molecule has 0 aromatic carbocycles. The zero-order chi connectivity index (χ0) is 10.1. The molecule has 3 nitrogen and oxygen atoms in total. The summed E-state index contributed by atoms with van der Waals surface area (Å²) in [5.74, 6) is 1.21. The Bertz CT molecular complexity index is 312. The zero-order valence-corrected chi connectivity index (χ0v) is 9.55. The van der Waals surface area contributed by atoms with Crippen LogP contribution in [-0.2, 0) is 4.43 Å². The van der Waals surface area contributed by atoms with E-state index in [-0.39, 0.29) is 0 Å². The highest BCUT2D eigenvalue weighted by Gasteiger charge is 2.19. The summed E-state index contributed by atoms with van der Waals surface area (Å²) in [6, 6.07) is 1.82. The van der Waals surface area contributed by atoms with Gasteiger partial charge in [0.2, 0.25) is 8.32 Å². The zero-order valence-electron chi connectivity index (χ0n) is 8.55. The molecule has 4 heteroatoms. The molecule has 13 heavy (non-hydrogen) atoms. The Morgan fingerprint density at radius 1 is 1.54 bits per heavy atom. The van der Waals surface area contributed by atoms with E-state index >= 15 is 0 Å². The minimum absolute atomic E-state index is 0.583. The molecule has 0 aliphatic carbocycles. The second-order valence-corrected chi connectivity index (χ2v) is 8.40. The second-order valence-electron chi connectivity index (χ2n) is 3.97. The van der Waals surface area contributed by atoms with Gasteiger partial charge in [-0.3, -0.25) is 0 Å². The quantitative estimate of drug-likeness (QED) is 0.552. The van der Waals surface area contributed by atoms with Crippen molar-refractivity contribution in [3.05, 3.63) is 24.1 Å². The van der Waals surface area contributed by atoms with E-state index in [1.807, 2.05) is 13.0 Å². The Hall–Kier alpha value is -1.03. The van der Waals surface area contributed by atoms with Crippen molar-refractivity contribution in [1.29, 1.82) is 0 Å². The van der Waals surface area contributed by atoms with E-state index in [1.54, 1.807) is 0 Å². The summed E-state index contributed by atoms with van der Waals surface area (Å²) < 4.78 is 10.7. The summed E-state index contributed by atoms with van der Waals surface area (Å²) in [4.78, 5) is 0. The molecule has 0 bridgehead atoms. The van der Waals surface area contributed by atoms with Gasteiger partial charge in [-0.05, 0) is 26.6 Å². The molecule has 0 atom stereocenters. The van der Waals surface area contributed by atoms with E-state index in [4.69, 9.17) is 8.95 Å². The fourth-order valence-electron chi connectivity index (χ4n) is 0.915. The first-order valence-electron chi connectivity index (χ1n) is 4.20. The number of hydrogen-bond acceptors (Lipinski definition) is 3. The normalized spacial score (nSPS) is 11.4. The highest BCUT2D eigenvalue weighted by atomic mass is 28.4. The fourth-order valence-corrected chi connectivity index (χ4v) is 1.75. The predicted molar refractivity (Wildman–Crippen MR) is 54.7 cm³/mol. The summed E-state index contributed by atoms with van der Waals surface area (Å²) in [7, 11) is -1.58. The summed E-state index contributed by atoms with van der Waals surface area (Å²) >= 11 is 0. The summed E-state index contributed by atoms with van der Waals surface area (Å²) in [5, 5.41) is 3.77. The van der Waals surface area contributed by atoms with Crippen molar-refractivity contribution in [2.75, 3.05) is 0 Å². The Kier molecular flexibility index (Phi) is 2.61. The molecule has 1 aromatic rings. The molecule has 0 radical (unpaired) electrons. The van der Waals surface area contributed by atoms with Crippen LogP contribution in [0.3, 0.4) is 0 Å². The third-order valence-electron chi connectivity index (χ3n) is 1.33. The van der Waals surface area contributed by atoms with Crippen LogP contribution in [0, 0.1) is 6.92 Å². The van der Waals surface area contributed by atoms with Crippen LogP contribution in [-0.4, -0.2) is 13.5 Å². The van der Waals surface area contributed by atoms with Gasteiger partial charge in [-0.1, -0.05) is 11.7 Å². The van der Waals surface area contributed by atoms with Crippen molar-refractivity contribution >= 4 is 14.1 Å². The molecule has 1 aromatic heterocycles. The number of hydrogen-bond donors (Lipinski definition) is 0. The topological polar surface area (TPSA) is 35.3 Å². The highest BCUT2D eigenvalue weighted by molar-refractivity contribution is 6.70. The smallest absolute Gasteiger partial charge is 0.242 e. The Balaban J connectivity index is 2.70. The fraction of sp³-hybridized carbons (Fsp3) is 0.444. The largest absolute Gasteiger partial charge is 0.542 e. The minimum atomic E-state index is -1.58. The maximum Gasteiger partial charge on any atom is 0.242 e. The van der Waals surface area contributed by atoms with Gasteiger partial charge in [0.05, 0.1) is 5.69 Å². The van der Waals surface area contributed by atoms with Gasteiger partial charge in [-0.2, -0.15) is 0 Å². The van der Waals surface area contributed by atoms with Gasteiger partial charge < -0.3 is 8.95 Å². The van der Waals surface area contributed by atoms with Crippen molar-refractivity contribution in [1.82, 2.24) is 5.16 Å². The number of aryl methyl sites for hydroxylation is 1. The van der Waals surface area contributed by atoms with E-state index in [1.165, 1.54) is 0 Å². The average molecular weight is 197 g/mol. The molecule has 1 heterocycles. The first-order chi connectivity index (χ1) is 5.88.